The molecular formula is C15H22O5. The maximum Gasteiger partial charge on any atom is 0.336 e. The summed E-state index contributed by atoms with van der Waals surface area (Å²) in [5, 5.41) is 30.5. The average Bonchev–Trinajstić information content (AvgIpc) is 2.67. The summed E-state index contributed by atoms with van der Waals surface area (Å²) in [7, 11) is 0. The summed E-state index contributed by atoms with van der Waals surface area (Å²) in [6.45, 7) is 6.15. The SMILES string of the molecule is CC(C)C1CCC2(C)CC3(O)OC12C(O)C=C3C(=O)O. The molecule has 1 spiro atoms. The molecule has 5 unspecified atom stereocenters. The van der Waals surface area contributed by atoms with Gasteiger partial charge in [0.25, 0.3) is 0 Å². The van der Waals surface area contributed by atoms with E-state index in [4.69, 9.17) is 4.74 Å². The highest BCUT2D eigenvalue weighted by atomic mass is 16.7. The van der Waals surface area contributed by atoms with Crippen LogP contribution in [0.1, 0.15) is 40.0 Å². The lowest BCUT2D eigenvalue weighted by molar-refractivity contribution is -0.255. The van der Waals surface area contributed by atoms with Crippen molar-refractivity contribution in [3.8, 4) is 0 Å². The molecular weight excluding hydrogens is 260 g/mol. The Morgan fingerprint density at radius 1 is 1.50 bits per heavy atom. The van der Waals surface area contributed by atoms with E-state index < -0.39 is 28.9 Å². The first-order chi connectivity index (χ1) is 9.16. The minimum Gasteiger partial charge on any atom is -0.478 e. The standard InChI is InChI=1S/C15H22O5/c1-8(2)9-4-5-13(3)7-14(19)10(12(17)18)6-11(16)15(9,13)20-14/h6,8-9,11,16,19H,4-5,7H2,1-3H3,(H,17,18). The number of ether oxygens (including phenoxy) is 1. The monoisotopic (exact) mass is 282 g/mol. The van der Waals surface area contributed by atoms with E-state index in [0.29, 0.717) is 5.92 Å². The third-order valence-electron chi connectivity index (χ3n) is 5.69. The molecule has 5 heteroatoms. The molecule has 0 aromatic heterocycles. The predicted octanol–water partition coefficient (Wildman–Crippen LogP) is 1.29. The Balaban J connectivity index is 2.16. The topological polar surface area (TPSA) is 87.0 Å². The van der Waals surface area contributed by atoms with Crippen molar-refractivity contribution < 1.29 is 24.9 Å². The second-order valence-corrected chi connectivity index (χ2v) is 7.14. The van der Waals surface area contributed by atoms with Gasteiger partial charge in [-0.15, -0.1) is 0 Å². The van der Waals surface area contributed by atoms with Crippen molar-refractivity contribution in [1.82, 2.24) is 0 Å². The van der Waals surface area contributed by atoms with Crippen molar-refractivity contribution in [2.24, 2.45) is 17.3 Å². The van der Waals surface area contributed by atoms with Crippen LogP contribution in [-0.4, -0.2) is 38.8 Å². The van der Waals surface area contributed by atoms with Gasteiger partial charge in [-0.1, -0.05) is 20.8 Å². The Kier molecular flexibility index (Phi) is 2.70. The maximum atomic E-state index is 11.3. The number of carbonyl (C=O) groups is 1. The minimum atomic E-state index is -1.77. The molecule has 5 nitrogen and oxygen atoms in total. The Bertz CT molecular complexity index is 498. The number of aliphatic carboxylic acids is 1. The molecule has 112 valence electrons. The molecule has 20 heavy (non-hydrogen) atoms. The van der Waals surface area contributed by atoms with Gasteiger partial charge in [0.2, 0.25) is 5.79 Å². The Labute approximate surface area is 118 Å². The van der Waals surface area contributed by atoms with Crippen molar-refractivity contribution in [2.75, 3.05) is 0 Å². The summed E-state index contributed by atoms with van der Waals surface area (Å²) < 4.78 is 5.92. The first-order valence-corrected chi connectivity index (χ1v) is 7.22. The molecule has 0 amide bonds. The number of rotatable bonds is 2. The zero-order valence-electron chi connectivity index (χ0n) is 12.1. The fourth-order valence-corrected chi connectivity index (χ4v) is 4.87. The first-order valence-electron chi connectivity index (χ1n) is 7.22. The van der Waals surface area contributed by atoms with E-state index in [2.05, 4.69) is 13.8 Å². The van der Waals surface area contributed by atoms with Gasteiger partial charge in [-0.3, -0.25) is 0 Å². The lowest BCUT2D eigenvalue weighted by Gasteiger charge is -2.47. The van der Waals surface area contributed by atoms with Crippen LogP contribution >= 0.6 is 0 Å². The fraction of sp³-hybridized carbons (Fsp3) is 0.800. The number of aliphatic hydroxyl groups excluding tert-OH is 1. The van der Waals surface area contributed by atoms with E-state index in [1.807, 2.05) is 6.92 Å². The molecule has 2 aliphatic heterocycles. The van der Waals surface area contributed by atoms with Crippen LogP contribution in [0.25, 0.3) is 0 Å². The van der Waals surface area contributed by atoms with Gasteiger partial charge in [-0.2, -0.15) is 0 Å². The number of fused-ring (bicyclic) bond motifs is 1. The van der Waals surface area contributed by atoms with Gasteiger partial charge < -0.3 is 20.1 Å². The molecule has 3 rings (SSSR count). The molecule has 2 heterocycles. The van der Waals surface area contributed by atoms with Crippen molar-refractivity contribution >= 4 is 5.97 Å². The number of carboxylic acids is 1. The van der Waals surface area contributed by atoms with Crippen molar-refractivity contribution in [3.63, 3.8) is 0 Å². The lowest BCUT2D eigenvalue weighted by atomic mass is 9.67. The molecule has 2 fully saturated rings. The fourth-order valence-electron chi connectivity index (χ4n) is 4.87. The second-order valence-electron chi connectivity index (χ2n) is 7.14. The molecule has 3 aliphatic rings. The summed E-state index contributed by atoms with van der Waals surface area (Å²) in [4.78, 5) is 11.3. The Hall–Kier alpha value is -0.910. The van der Waals surface area contributed by atoms with Crippen LogP contribution in [0.5, 0.6) is 0 Å². The van der Waals surface area contributed by atoms with Crippen LogP contribution in [0.4, 0.5) is 0 Å². The van der Waals surface area contributed by atoms with Crippen LogP contribution in [0.2, 0.25) is 0 Å². The zero-order chi connectivity index (χ0) is 14.9. The van der Waals surface area contributed by atoms with E-state index in [-0.39, 0.29) is 17.9 Å². The predicted molar refractivity (Wildman–Crippen MR) is 70.8 cm³/mol. The summed E-state index contributed by atoms with van der Waals surface area (Å²) in [6, 6.07) is 0. The lowest BCUT2D eigenvalue weighted by Crippen LogP contribution is -2.57. The zero-order valence-corrected chi connectivity index (χ0v) is 12.1. The highest BCUT2D eigenvalue weighted by Gasteiger charge is 2.74. The van der Waals surface area contributed by atoms with Gasteiger partial charge in [0.1, 0.15) is 11.7 Å². The smallest absolute Gasteiger partial charge is 0.336 e. The van der Waals surface area contributed by atoms with Crippen LogP contribution in [0.15, 0.2) is 11.6 Å². The molecule has 0 aromatic rings. The quantitative estimate of drug-likeness (QED) is 0.710. The van der Waals surface area contributed by atoms with E-state index >= 15 is 0 Å². The number of hydrogen-bond acceptors (Lipinski definition) is 4. The average molecular weight is 282 g/mol. The van der Waals surface area contributed by atoms with Crippen LogP contribution in [0, 0.1) is 17.3 Å². The summed E-state index contributed by atoms with van der Waals surface area (Å²) in [5.41, 5.74) is -1.49. The maximum absolute atomic E-state index is 11.3. The Morgan fingerprint density at radius 2 is 2.15 bits per heavy atom. The van der Waals surface area contributed by atoms with Gasteiger partial charge in [-0.05, 0) is 30.8 Å². The van der Waals surface area contributed by atoms with E-state index in [1.54, 1.807) is 0 Å². The van der Waals surface area contributed by atoms with Crippen molar-refractivity contribution in [3.05, 3.63) is 11.6 Å². The van der Waals surface area contributed by atoms with Gasteiger partial charge in [-0.25, -0.2) is 4.79 Å². The van der Waals surface area contributed by atoms with Crippen molar-refractivity contribution in [1.29, 1.82) is 0 Å². The van der Waals surface area contributed by atoms with Crippen LogP contribution in [0.3, 0.4) is 0 Å². The van der Waals surface area contributed by atoms with E-state index in [1.165, 1.54) is 6.08 Å². The highest BCUT2D eigenvalue weighted by Crippen LogP contribution is 2.67. The molecule has 1 aliphatic carbocycles. The highest BCUT2D eigenvalue weighted by molar-refractivity contribution is 5.89. The van der Waals surface area contributed by atoms with Gasteiger partial charge >= 0.3 is 5.97 Å². The molecule has 1 saturated heterocycles. The normalized spacial score (nSPS) is 50.2. The molecule has 5 atom stereocenters. The number of carboxylic acid groups (broad SMARTS) is 1. The van der Waals surface area contributed by atoms with E-state index in [9.17, 15) is 20.1 Å². The second kappa shape index (κ2) is 3.84. The molecule has 2 bridgehead atoms. The number of aliphatic hydroxyl groups is 2. The summed E-state index contributed by atoms with van der Waals surface area (Å²) in [6.07, 6.45) is 2.29. The van der Waals surface area contributed by atoms with E-state index in [0.717, 1.165) is 12.8 Å². The molecule has 1 saturated carbocycles. The van der Waals surface area contributed by atoms with Crippen molar-refractivity contribution in [2.45, 2.75) is 57.5 Å². The van der Waals surface area contributed by atoms with Crippen LogP contribution < -0.4 is 0 Å². The summed E-state index contributed by atoms with van der Waals surface area (Å²) >= 11 is 0. The van der Waals surface area contributed by atoms with Gasteiger partial charge in [0.15, 0.2) is 0 Å². The molecule has 0 aromatic carbocycles. The molecule has 3 N–H and O–H groups in total. The van der Waals surface area contributed by atoms with Gasteiger partial charge in [0, 0.05) is 11.8 Å². The first kappa shape index (κ1) is 14.0. The summed E-state index contributed by atoms with van der Waals surface area (Å²) in [5.74, 6) is -2.59. The van der Waals surface area contributed by atoms with Gasteiger partial charge in [0.05, 0.1) is 5.57 Å². The Morgan fingerprint density at radius 3 is 2.70 bits per heavy atom. The van der Waals surface area contributed by atoms with Crippen LogP contribution in [-0.2, 0) is 9.53 Å². The third kappa shape index (κ3) is 1.41. The minimum absolute atomic E-state index is 0.114. The third-order valence-corrected chi connectivity index (χ3v) is 5.69. The largest absolute Gasteiger partial charge is 0.478 e. The molecule has 0 radical (unpaired) electrons. The number of hydrogen-bond donors (Lipinski definition) is 3.